The van der Waals surface area contributed by atoms with Crippen LogP contribution in [0, 0.1) is 5.92 Å². The van der Waals surface area contributed by atoms with Crippen LogP contribution in [0.2, 0.25) is 0 Å². The van der Waals surface area contributed by atoms with Gasteiger partial charge in [-0.15, -0.1) is 11.3 Å². The number of hydrogen-bond acceptors (Lipinski definition) is 7. The van der Waals surface area contributed by atoms with Crippen LogP contribution in [0.1, 0.15) is 91.9 Å². The molecule has 2 aromatic heterocycles. The zero-order valence-electron chi connectivity index (χ0n) is 31.7. The summed E-state index contributed by atoms with van der Waals surface area (Å²) in [7, 11) is 0. The Morgan fingerprint density at radius 3 is 2.04 bits per heavy atom. The smallest absolute Gasteiger partial charge is 0.326 e. The molecule has 0 radical (unpaired) electrons. The minimum absolute atomic E-state index is 0.0495. The van der Waals surface area contributed by atoms with Crippen molar-refractivity contribution in [1.82, 2.24) is 15.3 Å². The summed E-state index contributed by atoms with van der Waals surface area (Å²) in [4.78, 5) is 50.5. The molecule has 0 saturated carbocycles. The minimum atomic E-state index is -1.13. The summed E-state index contributed by atoms with van der Waals surface area (Å²) in [5, 5.41) is 12.7. The average Bonchev–Trinajstić information content (AvgIpc) is 3.69. The van der Waals surface area contributed by atoms with Crippen LogP contribution in [0.25, 0.3) is 22.5 Å². The zero-order chi connectivity index (χ0) is 38.5. The average molecular weight is 746 g/mol. The zero-order valence-corrected chi connectivity index (χ0v) is 32.5. The Balaban J connectivity index is 1.26. The van der Waals surface area contributed by atoms with E-state index in [1.165, 1.54) is 37.0 Å². The molecule has 0 saturated heterocycles. The maximum absolute atomic E-state index is 13.8. The number of aromatic nitrogens is 2. The predicted octanol–water partition coefficient (Wildman–Crippen LogP) is 9.76. The predicted molar refractivity (Wildman–Crippen MR) is 216 cm³/mol. The van der Waals surface area contributed by atoms with E-state index in [-0.39, 0.29) is 30.5 Å². The van der Waals surface area contributed by atoms with E-state index in [9.17, 15) is 19.5 Å². The van der Waals surface area contributed by atoms with Crippen molar-refractivity contribution in [2.75, 3.05) is 6.61 Å². The van der Waals surface area contributed by atoms with Crippen LogP contribution in [-0.2, 0) is 27.8 Å². The fourth-order valence-electron chi connectivity index (χ4n) is 6.15. The largest absolute Gasteiger partial charge is 0.494 e. The Hall–Kier alpha value is -5.15. The van der Waals surface area contributed by atoms with Gasteiger partial charge in [-0.25, -0.2) is 14.8 Å². The fraction of sp³-hybridized carbons (Fsp3) is 0.356. The van der Waals surface area contributed by atoms with Crippen molar-refractivity contribution < 1.29 is 24.2 Å². The molecule has 0 spiro atoms. The van der Waals surface area contributed by atoms with E-state index >= 15 is 0 Å². The first-order valence-corrected chi connectivity index (χ1v) is 19.7. The Kier molecular flexibility index (Phi) is 14.3. The lowest BCUT2D eigenvalue weighted by atomic mass is 9.91. The highest BCUT2D eigenvalue weighted by Gasteiger charge is 2.29. The number of thiophene rings is 1. The van der Waals surface area contributed by atoms with Gasteiger partial charge in [0.05, 0.1) is 11.5 Å². The molecule has 5 aromatic rings. The fourth-order valence-corrected chi connectivity index (χ4v) is 7.16. The van der Waals surface area contributed by atoms with Crippen LogP contribution < -0.4 is 10.1 Å². The number of nitrogens with zero attached hydrogens (tertiary/aromatic N) is 2. The molecular weight excluding hydrogens is 695 g/mol. The molecule has 54 heavy (non-hydrogen) atoms. The van der Waals surface area contributed by atoms with Crippen molar-refractivity contribution in [1.29, 1.82) is 0 Å². The Morgan fingerprint density at radius 2 is 1.41 bits per heavy atom. The van der Waals surface area contributed by atoms with E-state index in [1.54, 1.807) is 12.4 Å². The summed E-state index contributed by atoms with van der Waals surface area (Å²) in [5.41, 5.74) is 4.23. The molecular formula is C45H51N3O5S. The summed E-state index contributed by atoms with van der Waals surface area (Å²) in [6.45, 7) is 9.22. The van der Waals surface area contributed by atoms with E-state index in [1.807, 2.05) is 91.0 Å². The van der Waals surface area contributed by atoms with Crippen molar-refractivity contribution in [3.63, 3.8) is 0 Å². The van der Waals surface area contributed by atoms with E-state index in [0.29, 0.717) is 10.7 Å². The number of rotatable bonds is 19. The first kappa shape index (κ1) is 40.0. The summed E-state index contributed by atoms with van der Waals surface area (Å²) in [6.07, 6.45) is 9.95. The maximum atomic E-state index is 13.8. The highest BCUT2D eigenvalue weighted by Crippen LogP contribution is 2.31. The summed E-state index contributed by atoms with van der Waals surface area (Å²) in [5.74, 6) is -1.10. The number of ether oxygens (including phenoxy) is 1. The third-order valence-electron chi connectivity index (χ3n) is 9.37. The first-order valence-electron chi connectivity index (χ1n) is 18.9. The normalized spacial score (nSPS) is 12.5. The van der Waals surface area contributed by atoms with Crippen molar-refractivity contribution in [3.05, 3.63) is 124 Å². The Morgan fingerprint density at radius 1 is 0.759 bits per heavy atom. The molecule has 0 aliphatic carbocycles. The number of aliphatic carboxylic acids is 1. The highest BCUT2D eigenvalue weighted by atomic mass is 32.1. The minimum Gasteiger partial charge on any atom is -0.494 e. The lowest BCUT2D eigenvalue weighted by Crippen LogP contribution is -2.45. The van der Waals surface area contributed by atoms with Crippen molar-refractivity contribution in [2.24, 2.45) is 5.92 Å². The van der Waals surface area contributed by atoms with Gasteiger partial charge in [-0.1, -0.05) is 120 Å². The summed E-state index contributed by atoms with van der Waals surface area (Å²) < 4.78 is 5.91. The summed E-state index contributed by atoms with van der Waals surface area (Å²) >= 11 is 1.44. The van der Waals surface area contributed by atoms with Gasteiger partial charge in [0.25, 0.3) is 0 Å². The molecule has 3 aromatic carbocycles. The molecule has 0 fully saturated rings. The second kappa shape index (κ2) is 19.3. The molecule has 8 nitrogen and oxygen atoms in total. The molecule has 2 heterocycles. The van der Waals surface area contributed by atoms with Crippen molar-refractivity contribution in [2.45, 2.75) is 90.5 Å². The van der Waals surface area contributed by atoms with Gasteiger partial charge in [-0.3, -0.25) is 9.59 Å². The Labute approximate surface area is 323 Å². The molecule has 5 rings (SSSR count). The van der Waals surface area contributed by atoms with Gasteiger partial charge in [0.2, 0.25) is 5.91 Å². The van der Waals surface area contributed by atoms with Gasteiger partial charge in [0.1, 0.15) is 11.8 Å². The van der Waals surface area contributed by atoms with Crippen LogP contribution in [0.3, 0.4) is 0 Å². The van der Waals surface area contributed by atoms with Gasteiger partial charge >= 0.3 is 5.97 Å². The lowest BCUT2D eigenvalue weighted by Gasteiger charge is -2.20. The monoisotopic (exact) mass is 745 g/mol. The lowest BCUT2D eigenvalue weighted by molar-refractivity contribution is -0.142. The van der Waals surface area contributed by atoms with Gasteiger partial charge in [0.15, 0.2) is 11.6 Å². The second-order valence-corrected chi connectivity index (χ2v) is 15.9. The number of carbonyl (C=O) groups excluding carboxylic acids is 2. The molecule has 2 N–H and O–H groups in total. The number of hydrogen-bond donors (Lipinski definition) is 2. The van der Waals surface area contributed by atoms with Crippen LogP contribution >= 0.6 is 11.3 Å². The third-order valence-corrected chi connectivity index (χ3v) is 10.9. The van der Waals surface area contributed by atoms with Gasteiger partial charge in [-0.05, 0) is 59.2 Å². The van der Waals surface area contributed by atoms with Gasteiger partial charge < -0.3 is 15.2 Å². The van der Waals surface area contributed by atoms with Gasteiger partial charge in [-0.2, -0.15) is 0 Å². The number of ketones is 1. The molecule has 9 heteroatoms. The number of benzene rings is 3. The number of unbranched alkanes of at least 4 members (excludes halogenated alkanes) is 4. The van der Waals surface area contributed by atoms with Crippen LogP contribution in [0.5, 0.6) is 5.75 Å². The number of amides is 1. The highest BCUT2D eigenvalue weighted by molar-refractivity contribution is 7.14. The second-order valence-electron chi connectivity index (χ2n) is 14.8. The maximum Gasteiger partial charge on any atom is 0.326 e. The number of nitrogens with one attached hydrogen (secondary N) is 1. The van der Waals surface area contributed by atoms with E-state index in [4.69, 9.17) is 4.74 Å². The number of Topliss-reactive ketones (excluding diaryl/α,β-unsaturated/α-hetero) is 1. The van der Waals surface area contributed by atoms with Crippen molar-refractivity contribution in [3.8, 4) is 28.3 Å². The molecule has 0 aliphatic heterocycles. The number of carbonyl (C=O) groups is 3. The van der Waals surface area contributed by atoms with E-state index in [2.05, 4.69) is 43.0 Å². The number of carboxylic acids is 1. The topological polar surface area (TPSA) is 118 Å². The SMILES string of the molecule is CCCCCCCOc1ccc(-c2cnc(-c3ccc(C[C@H](CC(=O)c4ccc(C(C)(C)C)s4)C(=O)NC(Cc4ccccc4)C(=O)O)cc3)nc2)cc1. The van der Waals surface area contributed by atoms with Crippen molar-refractivity contribution >= 4 is 29.0 Å². The Bertz CT molecular complexity index is 1950. The van der Waals surface area contributed by atoms with Crippen LogP contribution in [0.4, 0.5) is 0 Å². The van der Waals surface area contributed by atoms with Crippen LogP contribution in [0.15, 0.2) is 103 Å². The van der Waals surface area contributed by atoms with Crippen LogP contribution in [-0.4, -0.2) is 45.4 Å². The quantitative estimate of drug-likeness (QED) is 0.0638. The van der Waals surface area contributed by atoms with E-state index in [0.717, 1.165) is 51.5 Å². The molecule has 0 bridgehead atoms. The third kappa shape index (κ3) is 11.7. The molecule has 2 atom stereocenters. The number of carboxylic acid groups (broad SMARTS) is 1. The molecule has 0 aliphatic rings. The summed E-state index contributed by atoms with van der Waals surface area (Å²) in [6, 6.07) is 27.4. The molecule has 1 unspecified atom stereocenters. The standard InChI is InChI=1S/C45H51N3O5S/c1-5-6-7-8-12-25-53-37-21-19-33(20-22-37)36-29-46-42(47-30-36)34-17-15-32(16-18-34)26-35(28-39(49)40-23-24-41(54-40)45(2,3)4)43(50)48-38(44(51)52)27-31-13-10-9-11-14-31/h9-11,13-24,29-30,35,38H,5-8,12,25-28H2,1-4H3,(H,48,50)(H,51,52)/t35-,38?/m1/s1. The molecule has 282 valence electrons. The van der Waals surface area contributed by atoms with Gasteiger partial charge in [0, 0.05) is 47.2 Å². The van der Waals surface area contributed by atoms with E-state index < -0.39 is 23.8 Å². The molecule has 1 amide bonds. The first-order chi connectivity index (χ1) is 26.0.